The largest absolute Gasteiger partial charge is 0.405 e. The van der Waals surface area contributed by atoms with Crippen LogP contribution in [0.4, 0.5) is 13.2 Å². The van der Waals surface area contributed by atoms with Crippen molar-refractivity contribution in [3.05, 3.63) is 0 Å². The summed E-state index contributed by atoms with van der Waals surface area (Å²) in [5, 5.41) is 27.1. The first-order chi connectivity index (χ1) is 6.28. The average Bonchev–Trinajstić information content (AvgIpc) is 2.10. The molecule has 0 aliphatic carbocycles. The molecular weight excluding hydrogens is 207 g/mol. The number of rotatable bonds is 4. The SMILES string of the molecule is O=C(NCC(F)(F)F)[C@H](O)[C@H](O)CO. The lowest BCUT2D eigenvalue weighted by atomic mass is 10.2. The lowest BCUT2D eigenvalue weighted by molar-refractivity contribution is -0.148. The van der Waals surface area contributed by atoms with Crippen molar-refractivity contribution in [2.24, 2.45) is 0 Å². The van der Waals surface area contributed by atoms with Gasteiger partial charge in [0.1, 0.15) is 12.6 Å². The van der Waals surface area contributed by atoms with Crippen molar-refractivity contribution in [3.63, 3.8) is 0 Å². The molecule has 0 radical (unpaired) electrons. The van der Waals surface area contributed by atoms with Crippen LogP contribution in [0.2, 0.25) is 0 Å². The predicted octanol–water partition coefficient (Wildman–Crippen LogP) is -1.62. The highest BCUT2D eigenvalue weighted by Gasteiger charge is 2.30. The quantitative estimate of drug-likeness (QED) is 0.455. The molecule has 0 aromatic rings. The van der Waals surface area contributed by atoms with E-state index in [1.54, 1.807) is 0 Å². The van der Waals surface area contributed by atoms with E-state index in [9.17, 15) is 18.0 Å². The van der Waals surface area contributed by atoms with E-state index >= 15 is 0 Å². The van der Waals surface area contributed by atoms with E-state index in [0.29, 0.717) is 0 Å². The highest BCUT2D eigenvalue weighted by Crippen LogP contribution is 2.12. The number of alkyl halides is 3. The van der Waals surface area contributed by atoms with E-state index in [1.165, 1.54) is 5.32 Å². The number of halogens is 3. The van der Waals surface area contributed by atoms with Crippen LogP contribution >= 0.6 is 0 Å². The molecule has 0 bridgehead atoms. The molecule has 0 fully saturated rings. The van der Waals surface area contributed by atoms with Crippen molar-refractivity contribution in [1.29, 1.82) is 0 Å². The van der Waals surface area contributed by atoms with Gasteiger partial charge in [-0.3, -0.25) is 4.79 Å². The van der Waals surface area contributed by atoms with Gasteiger partial charge in [-0.2, -0.15) is 13.2 Å². The maximum absolute atomic E-state index is 11.6. The minimum Gasteiger partial charge on any atom is -0.394 e. The van der Waals surface area contributed by atoms with E-state index < -0.39 is 37.4 Å². The Morgan fingerprint density at radius 1 is 1.36 bits per heavy atom. The Hall–Kier alpha value is -0.860. The van der Waals surface area contributed by atoms with Crippen LogP contribution < -0.4 is 5.32 Å². The van der Waals surface area contributed by atoms with Gasteiger partial charge in [0.05, 0.1) is 6.61 Å². The lowest BCUT2D eigenvalue weighted by Gasteiger charge is -2.15. The number of aliphatic hydroxyl groups excluding tert-OH is 3. The fraction of sp³-hybridized carbons (Fsp3) is 0.833. The molecule has 2 atom stereocenters. The Kier molecular flexibility index (Phi) is 4.81. The van der Waals surface area contributed by atoms with E-state index in [2.05, 4.69) is 0 Å². The fourth-order valence-electron chi connectivity index (χ4n) is 0.566. The second-order valence-corrected chi connectivity index (χ2v) is 2.53. The van der Waals surface area contributed by atoms with Crippen LogP contribution in [0.15, 0.2) is 0 Å². The summed E-state index contributed by atoms with van der Waals surface area (Å²) in [6.45, 7) is -2.51. The molecule has 0 aliphatic rings. The van der Waals surface area contributed by atoms with Crippen molar-refractivity contribution < 1.29 is 33.3 Å². The normalized spacial score (nSPS) is 16.1. The summed E-state index contributed by atoms with van der Waals surface area (Å²) >= 11 is 0. The van der Waals surface area contributed by atoms with Crippen molar-refractivity contribution in [2.75, 3.05) is 13.2 Å². The van der Waals surface area contributed by atoms with Gasteiger partial charge in [0, 0.05) is 0 Å². The van der Waals surface area contributed by atoms with E-state index in [-0.39, 0.29) is 0 Å². The van der Waals surface area contributed by atoms with Gasteiger partial charge in [-0.05, 0) is 0 Å². The zero-order chi connectivity index (χ0) is 11.4. The van der Waals surface area contributed by atoms with Gasteiger partial charge in [0.25, 0.3) is 5.91 Å². The average molecular weight is 217 g/mol. The Morgan fingerprint density at radius 2 is 1.86 bits per heavy atom. The van der Waals surface area contributed by atoms with Gasteiger partial charge in [-0.25, -0.2) is 0 Å². The predicted molar refractivity (Wildman–Crippen MR) is 38.2 cm³/mol. The van der Waals surface area contributed by atoms with Gasteiger partial charge >= 0.3 is 6.18 Å². The highest BCUT2D eigenvalue weighted by molar-refractivity contribution is 5.81. The summed E-state index contributed by atoms with van der Waals surface area (Å²) < 4.78 is 34.7. The molecule has 14 heavy (non-hydrogen) atoms. The minimum atomic E-state index is -4.58. The fourth-order valence-corrected chi connectivity index (χ4v) is 0.566. The minimum absolute atomic E-state index is 0.916. The number of hydrogen-bond acceptors (Lipinski definition) is 4. The molecule has 0 unspecified atom stereocenters. The van der Waals surface area contributed by atoms with Gasteiger partial charge in [-0.1, -0.05) is 0 Å². The molecule has 4 N–H and O–H groups in total. The third kappa shape index (κ3) is 5.00. The maximum Gasteiger partial charge on any atom is 0.405 e. The molecule has 0 aliphatic heterocycles. The molecule has 0 spiro atoms. The standard InChI is InChI=1S/C6H10F3NO4/c7-6(8,9)2-10-5(14)4(13)3(12)1-11/h3-4,11-13H,1-2H2,(H,10,14)/t3-,4-/m1/s1. The number of aliphatic hydroxyl groups is 3. The highest BCUT2D eigenvalue weighted by atomic mass is 19.4. The summed E-state index contributed by atoms with van der Waals surface area (Å²) in [5.74, 6) is -1.39. The second kappa shape index (κ2) is 5.13. The van der Waals surface area contributed by atoms with E-state index in [1.807, 2.05) is 0 Å². The molecule has 0 heterocycles. The van der Waals surface area contributed by atoms with Crippen molar-refractivity contribution >= 4 is 5.91 Å². The van der Waals surface area contributed by atoms with Crippen molar-refractivity contribution in [1.82, 2.24) is 5.32 Å². The molecule has 0 aromatic carbocycles. The Balaban J connectivity index is 3.97. The van der Waals surface area contributed by atoms with Crippen LogP contribution in [0.3, 0.4) is 0 Å². The molecule has 0 saturated carbocycles. The van der Waals surface area contributed by atoms with Crippen LogP contribution in [-0.4, -0.2) is 52.8 Å². The zero-order valence-electron chi connectivity index (χ0n) is 6.95. The molecular formula is C6H10F3NO4. The number of carbonyl (C=O) groups excluding carboxylic acids is 1. The topological polar surface area (TPSA) is 89.8 Å². The lowest BCUT2D eigenvalue weighted by Crippen LogP contribution is -2.46. The molecule has 5 nitrogen and oxygen atoms in total. The monoisotopic (exact) mass is 217 g/mol. The van der Waals surface area contributed by atoms with Crippen LogP contribution in [0.1, 0.15) is 0 Å². The summed E-state index contributed by atoms with van der Waals surface area (Å²) in [7, 11) is 0. The van der Waals surface area contributed by atoms with Crippen LogP contribution in [0, 0.1) is 0 Å². The Bertz CT molecular complexity index is 196. The number of nitrogens with one attached hydrogen (secondary N) is 1. The molecule has 84 valence electrons. The maximum atomic E-state index is 11.6. The summed E-state index contributed by atoms with van der Waals surface area (Å²) in [5.41, 5.74) is 0. The summed E-state index contributed by atoms with van der Waals surface area (Å²) in [6, 6.07) is 0. The first-order valence-electron chi connectivity index (χ1n) is 3.59. The second-order valence-electron chi connectivity index (χ2n) is 2.53. The molecule has 0 aromatic heterocycles. The van der Waals surface area contributed by atoms with Crippen LogP contribution in [0.5, 0.6) is 0 Å². The van der Waals surface area contributed by atoms with Gasteiger partial charge in [-0.15, -0.1) is 0 Å². The van der Waals surface area contributed by atoms with Crippen LogP contribution in [-0.2, 0) is 4.79 Å². The summed E-state index contributed by atoms with van der Waals surface area (Å²) in [4.78, 5) is 10.7. The first-order valence-corrected chi connectivity index (χ1v) is 3.59. The first kappa shape index (κ1) is 13.1. The number of carbonyl (C=O) groups is 1. The van der Waals surface area contributed by atoms with Crippen LogP contribution in [0.25, 0.3) is 0 Å². The molecule has 0 saturated heterocycles. The number of hydrogen-bond donors (Lipinski definition) is 4. The van der Waals surface area contributed by atoms with E-state index in [4.69, 9.17) is 15.3 Å². The van der Waals surface area contributed by atoms with Crippen molar-refractivity contribution in [3.8, 4) is 0 Å². The van der Waals surface area contributed by atoms with E-state index in [0.717, 1.165) is 0 Å². The third-order valence-corrected chi connectivity index (χ3v) is 1.28. The van der Waals surface area contributed by atoms with Crippen molar-refractivity contribution in [2.45, 2.75) is 18.4 Å². The Labute approximate surface area is 77.2 Å². The zero-order valence-corrected chi connectivity index (χ0v) is 6.95. The summed E-state index contributed by atoms with van der Waals surface area (Å²) in [6.07, 6.45) is -8.44. The van der Waals surface area contributed by atoms with Gasteiger partial charge in [0.15, 0.2) is 6.10 Å². The smallest absolute Gasteiger partial charge is 0.394 e. The molecule has 0 rings (SSSR count). The van der Waals surface area contributed by atoms with Gasteiger partial charge < -0.3 is 20.6 Å². The molecule has 1 amide bonds. The number of amides is 1. The molecule has 8 heteroatoms. The Morgan fingerprint density at radius 3 is 2.21 bits per heavy atom. The van der Waals surface area contributed by atoms with Gasteiger partial charge in [0.2, 0.25) is 0 Å². The third-order valence-electron chi connectivity index (χ3n) is 1.28.